The number of hydrogen-bond acceptors (Lipinski definition) is 5. The zero-order valence-corrected chi connectivity index (χ0v) is 23.7. The maximum Gasteiger partial charge on any atom is 0.254 e. The van der Waals surface area contributed by atoms with Gasteiger partial charge in [0.2, 0.25) is 0 Å². The molecular formula is C34H34N6O2. The van der Waals surface area contributed by atoms with E-state index in [1.54, 1.807) is 7.11 Å². The van der Waals surface area contributed by atoms with E-state index in [2.05, 4.69) is 49.3 Å². The van der Waals surface area contributed by atoms with Gasteiger partial charge in [0.25, 0.3) is 5.91 Å². The molecule has 5 aromatic rings. The van der Waals surface area contributed by atoms with Gasteiger partial charge < -0.3 is 24.5 Å². The third kappa shape index (κ3) is 3.56. The Labute approximate surface area is 244 Å². The van der Waals surface area contributed by atoms with Gasteiger partial charge in [-0.05, 0) is 85.3 Å². The van der Waals surface area contributed by atoms with Crippen LogP contribution in [0.2, 0.25) is 0 Å². The molecule has 9 rings (SSSR count). The summed E-state index contributed by atoms with van der Waals surface area (Å²) in [6, 6.07) is 19.0. The van der Waals surface area contributed by atoms with Crippen LogP contribution in [-0.2, 0) is 13.1 Å². The maximum atomic E-state index is 13.9. The van der Waals surface area contributed by atoms with Crippen LogP contribution in [0.25, 0.3) is 33.5 Å². The minimum absolute atomic E-state index is 0.106. The molecule has 0 bridgehead atoms. The molecule has 0 radical (unpaired) electrons. The zero-order valence-electron chi connectivity index (χ0n) is 23.7. The number of carbonyl (C=O) groups is 1. The van der Waals surface area contributed by atoms with E-state index >= 15 is 0 Å². The number of para-hydroxylation sites is 1. The number of ether oxygens (including phenoxy) is 1. The highest BCUT2D eigenvalue weighted by Gasteiger charge is 2.61. The molecule has 3 aliphatic carbocycles. The van der Waals surface area contributed by atoms with Crippen LogP contribution in [0.3, 0.4) is 0 Å². The van der Waals surface area contributed by atoms with Crippen molar-refractivity contribution in [3.05, 3.63) is 71.9 Å². The monoisotopic (exact) mass is 558 g/mol. The van der Waals surface area contributed by atoms with Gasteiger partial charge >= 0.3 is 0 Å². The molecule has 4 aliphatic rings. The number of rotatable bonds is 7. The van der Waals surface area contributed by atoms with E-state index in [-0.39, 0.29) is 5.91 Å². The number of anilines is 1. The molecule has 212 valence electrons. The number of nitrogen functional groups attached to an aromatic ring is 1. The minimum atomic E-state index is 0.106. The molecule has 3 aromatic heterocycles. The van der Waals surface area contributed by atoms with Crippen molar-refractivity contribution in [3.63, 3.8) is 0 Å². The summed E-state index contributed by atoms with van der Waals surface area (Å²) in [7, 11) is 1.68. The van der Waals surface area contributed by atoms with E-state index < -0.39 is 0 Å². The number of benzene rings is 2. The molecule has 4 fully saturated rings. The summed E-state index contributed by atoms with van der Waals surface area (Å²) >= 11 is 0. The average molecular weight is 559 g/mol. The molecule has 3 saturated carbocycles. The molecule has 8 heteroatoms. The first kappa shape index (κ1) is 24.3. The van der Waals surface area contributed by atoms with Gasteiger partial charge in [0.15, 0.2) is 5.82 Å². The quantitative estimate of drug-likeness (QED) is 0.282. The molecule has 1 aliphatic heterocycles. The maximum absolute atomic E-state index is 13.9. The topological polar surface area (TPSA) is 91.2 Å². The third-order valence-corrected chi connectivity index (χ3v) is 10.4. The van der Waals surface area contributed by atoms with Gasteiger partial charge in [-0.3, -0.25) is 4.79 Å². The van der Waals surface area contributed by atoms with Gasteiger partial charge in [-0.2, -0.15) is 0 Å². The number of aromatic nitrogens is 4. The van der Waals surface area contributed by atoms with Crippen LogP contribution in [-0.4, -0.2) is 49.6 Å². The Bertz CT molecular complexity index is 1880. The van der Waals surface area contributed by atoms with E-state index in [1.807, 2.05) is 30.5 Å². The molecule has 0 spiro atoms. The summed E-state index contributed by atoms with van der Waals surface area (Å²) < 4.78 is 10.7. The summed E-state index contributed by atoms with van der Waals surface area (Å²) in [6.07, 6.45) is 6.79. The lowest BCUT2D eigenvalue weighted by molar-refractivity contribution is -0.0204. The minimum Gasteiger partial charge on any atom is -0.494 e. The lowest BCUT2D eigenvalue weighted by Crippen LogP contribution is -2.53. The summed E-state index contributed by atoms with van der Waals surface area (Å²) in [6.45, 7) is 2.40. The first-order valence-electron chi connectivity index (χ1n) is 15.2. The van der Waals surface area contributed by atoms with Gasteiger partial charge in [-0.15, -0.1) is 0 Å². The number of methoxy groups -OCH3 is 1. The smallest absolute Gasteiger partial charge is 0.254 e. The molecule has 1 saturated heterocycles. The fourth-order valence-electron chi connectivity index (χ4n) is 8.09. The number of imidazole rings is 1. The predicted molar refractivity (Wildman–Crippen MR) is 162 cm³/mol. The second-order valence-electron chi connectivity index (χ2n) is 12.9. The van der Waals surface area contributed by atoms with E-state index in [0.29, 0.717) is 41.6 Å². The molecule has 2 N–H and O–H groups in total. The van der Waals surface area contributed by atoms with Crippen molar-refractivity contribution in [3.8, 4) is 17.3 Å². The SMILES string of the molecule is COc1cc(C(=O)N2CC3CC4CC2[C@H]43)cc2nc(-c3cc4ccccc4n3CC3CC3)n(Cc3ccc(N)nc3)c12. The van der Waals surface area contributed by atoms with Gasteiger partial charge in [0.1, 0.15) is 17.1 Å². The Hall–Kier alpha value is -4.33. The molecule has 4 heterocycles. The van der Waals surface area contributed by atoms with Crippen LogP contribution in [0, 0.1) is 23.7 Å². The van der Waals surface area contributed by atoms with Gasteiger partial charge in [0, 0.05) is 41.8 Å². The second-order valence-corrected chi connectivity index (χ2v) is 12.9. The summed E-state index contributed by atoms with van der Waals surface area (Å²) in [4.78, 5) is 25.7. The third-order valence-electron chi connectivity index (χ3n) is 10.4. The molecule has 1 amide bonds. The van der Waals surface area contributed by atoms with Crippen LogP contribution in [0.5, 0.6) is 5.75 Å². The molecule has 8 nitrogen and oxygen atoms in total. The Kier molecular flexibility index (Phi) is 5.11. The standard InChI is InChI=1S/C34H34N6O2/c1-42-29-14-23(34(41)39-18-24-10-22-13-27(39)31(22)24)11-25-32(29)40(17-20-8-9-30(35)36-15-20)33(37-25)28-12-21-4-2-3-5-26(21)38(28)16-19-6-7-19/h2-5,8-9,11-12,14-15,19,22,24,27,31H,6-7,10,13,16-18H2,1H3,(H2,35,36)/t22?,24?,27?,31-/m1/s1. The molecule has 4 atom stereocenters. The highest BCUT2D eigenvalue weighted by atomic mass is 16.5. The highest BCUT2D eigenvalue weighted by molar-refractivity contribution is 6.00. The number of amides is 1. The Morgan fingerprint density at radius 1 is 1.05 bits per heavy atom. The number of pyridine rings is 1. The Balaban J connectivity index is 1.22. The summed E-state index contributed by atoms with van der Waals surface area (Å²) in [5, 5.41) is 1.20. The van der Waals surface area contributed by atoms with Gasteiger partial charge in [-0.25, -0.2) is 9.97 Å². The molecule has 2 aromatic carbocycles. The van der Waals surface area contributed by atoms with Gasteiger partial charge in [0.05, 0.1) is 24.9 Å². The van der Waals surface area contributed by atoms with E-state index in [9.17, 15) is 4.79 Å². The predicted octanol–water partition coefficient (Wildman–Crippen LogP) is 5.58. The fourth-order valence-corrected chi connectivity index (χ4v) is 8.09. The summed E-state index contributed by atoms with van der Waals surface area (Å²) in [5.74, 6) is 5.09. The Morgan fingerprint density at radius 2 is 1.93 bits per heavy atom. The molecule has 3 unspecified atom stereocenters. The number of hydrogen-bond donors (Lipinski definition) is 1. The van der Waals surface area contributed by atoms with Crippen molar-refractivity contribution in [1.29, 1.82) is 0 Å². The van der Waals surface area contributed by atoms with Crippen LogP contribution >= 0.6 is 0 Å². The summed E-state index contributed by atoms with van der Waals surface area (Å²) in [5.41, 5.74) is 11.5. The van der Waals surface area contributed by atoms with Crippen molar-refractivity contribution in [2.45, 2.75) is 44.8 Å². The van der Waals surface area contributed by atoms with E-state index in [0.717, 1.165) is 59.5 Å². The van der Waals surface area contributed by atoms with Gasteiger partial charge in [-0.1, -0.05) is 24.3 Å². The number of carbonyl (C=O) groups excluding carboxylic acids is 1. The normalized spacial score (nSPS) is 24.1. The van der Waals surface area contributed by atoms with E-state index in [4.69, 9.17) is 15.5 Å². The first-order valence-corrected chi connectivity index (χ1v) is 15.2. The van der Waals surface area contributed by atoms with Crippen LogP contribution in [0.4, 0.5) is 5.82 Å². The van der Waals surface area contributed by atoms with Crippen LogP contribution in [0.1, 0.15) is 41.6 Å². The highest BCUT2D eigenvalue weighted by Crippen LogP contribution is 2.60. The van der Waals surface area contributed by atoms with Crippen LogP contribution in [0.15, 0.2) is 60.8 Å². The van der Waals surface area contributed by atoms with E-state index in [1.165, 1.54) is 30.2 Å². The molecular weight excluding hydrogens is 524 g/mol. The lowest BCUT2D eigenvalue weighted by Gasteiger charge is -2.52. The number of nitrogens with two attached hydrogens (primary N) is 1. The van der Waals surface area contributed by atoms with Crippen molar-refractivity contribution < 1.29 is 9.53 Å². The second kappa shape index (κ2) is 8.84. The first-order chi connectivity index (χ1) is 20.6. The average Bonchev–Trinajstić information content (AvgIpc) is 3.64. The Morgan fingerprint density at radius 3 is 2.69 bits per heavy atom. The van der Waals surface area contributed by atoms with Crippen molar-refractivity contribution in [2.24, 2.45) is 23.7 Å². The number of nitrogens with zero attached hydrogens (tertiary/aromatic N) is 5. The van der Waals surface area contributed by atoms with Crippen molar-refractivity contribution in [2.75, 3.05) is 19.4 Å². The van der Waals surface area contributed by atoms with Crippen molar-refractivity contribution in [1.82, 2.24) is 24.0 Å². The zero-order chi connectivity index (χ0) is 28.1. The fraction of sp³-hybridized carbons (Fsp3) is 0.382. The molecule has 42 heavy (non-hydrogen) atoms. The van der Waals surface area contributed by atoms with Crippen LogP contribution < -0.4 is 10.5 Å². The number of fused-ring (bicyclic) bond motifs is 2. The number of likely N-dealkylation sites (tertiary alicyclic amines) is 1. The lowest BCUT2D eigenvalue weighted by atomic mass is 9.53. The van der Waals surface area contributed by atoms with Crippen molar-refractivity contribution >= 4 is 33.7 Å². The largest absolute Gasteiger partial charge is 0.494 e.